The maximum absolute atomic E-state index is 14.2. The number of ether oxygens (including phenoxy) is 2. The number of carbonyl (C=O) groups is 2. The van der Waals surface area contributed by atoms with E-state index in [9.17, 15) is 22.4 Å². The number of rotatable bonds is 13. The second-order valence-electron chi connectivity index (χ2n) is 10.8. The first-order valence-electron chi connectivity index (χ1n) is 13.9. The van der Waals surface area contributed by atoms with Crippen LogP contribution in [0.2, 0.25) is 0 Å². The lowest BCUT2D eigenvalue weighted by Gasteiger charge is -2.32. The molecule has 3 rings (SSSR count). The van der Waals surface area contributed by atoms with E-state index in [0.29, 0.717) is 23.5 Å². The first-order valence-corrected chi connectivity index (χ1v) is 15.4. The summed E-state index contributed by atoms with van der Waals surface area (Å²) in [6, 6.07) is 14.1. The smallest absolute Gasteiger partial charge is 0.264 e. The summed E-state index contributed by atoms with van der Waals surface area (Å²) in [6.45, 7) is 8.93. The van der Waals surface area contributed by atoms with E-state index in [1.54, 1.807) is 19.1 Å². The summed E-state index contributed by atoms with van der Waals surface area (Å²) in [4.78, 5) is 28.4. The minimum absolute atomic E-state index is 0.0352. The van der Waals surface area contributed by atoms with Gasteiger partial charge in [0.1, 0.15) is 18.4 Å². The largest absolute Gasteiger partial charge is 0.493 e. The van der Waals surface area contributed by atoms with Crippen LogP contribution in [0.1, 0.15) is 37.5 Å². The molecule has 0 radical (unpaired) electrons. The second kappa shape index (κ2) is 14.4. The summed E-state index contributed by atoms with van der Waals surface area (Å²) in [6.07, 6.45) is 0. The van der Waals surface area contributed by atoms with Crippen molar-refractivity contribution in [3.63, 3.8) is 0 Å². The molecule has 0 spiro atoms. The van der Waals surface area contributed by atoms with Gasteiger partial charge >= 0.3 is 0 Å². The molecule has 43 heavy (non-hydrogen) atoms. The Morgan fingerprint density at radius 1 is 0.884 bits per heavy atom. The molecule has 0 fully saturated rings. The number of aryl methyl sites for hydroxylation is 2. The molecule has 1 atom stereocenters. The number of halogens is 1. The SMILES string of the molecule is COc1ccc(S(=O)(=O)N(CC(=O)N(Cc2ccc(F)cc2)C(C)C(=O)NCC(C)C)c2cc(C)cc(C)c2)cc1OC. The van der Waals surface area contributed by atoms with Crippen molar-refractivity contribution in [2.24, 2.45) is 5.92 Å². The van der Waals surface area contributed by atoms with Gasteiger partial charge in [-0.2, -0.15) is 0 Å². The van der Waals surface area contributed by atoms with Crippen molar-refractivity contribution in [2.45, 2.75) is 52.1 Å². The number of hydrogen-bond acceptors (Lipinski definition) is 6. The van der Waals surface area contributed by atoms with Gasteiger partial charge in [-0.25, -0.2) is 12.8 Å². The van der Waals surface area contributed by atoms with Crippen molar-refractivity contribution in [1.82, 2.24) is 10.2 Å². The Kier molecular flexibility index (Phi) is 11.2. The van der Waals surface area contributed by atoms with E-state index in [0.717, 1.165) is 15.4 Å². The van der Waals surface area contributed by atoms with Crippen LogP contribution in [0.5, 0.6) is 11.5 Å². The summed E-state index contributed by atoms with van der Waals surface area (Å²) in [7, 11) is -1.47. The van der Waals surface area contributed by atoms with Crippen LogP contribution < -0.4 is 19.1 Å². The topological polar surface area (TPSA) is 105 Å². The lowest BCUT2D eigenvalue weighted by atomic mass is 10.1. The Morgan fingerprint density at radius 2 is 1.49 bits per heavy atom. The second-order valence-corrected chi connectivity index (χ2v) is 12.7. The van der Waals surface area contributed by atoms with Gasteiger partial charge in [0.15, 0.2) is 11.5 Å². The number of benzene rings is 3. The highest BCUT2D eigenvalue weighted by atomic mass is 32.2. The molecule has 0 saturated heterocycles. The molecule has 1 N–H and O–H groups in total. The van der Waals surface area contributed by atoms with Crippen LogP contribution in [0.15, 0.2) is 65.6 Å². The number of sulfonamides is 1. The molecule has 1 unspecified atom stereocenters. The maximum atomic E-state index is 14.2. The van der Waals surface area contributed by atoms with Crippen LogP contribution in [-0.4, -0.2) is 58.5 Å². The van der Waals surface area contributed by atoms with Crippen molar-refractivity contribution < 1.29 is 31.9 Å². The lowest BCUT2D eigenvalue weighted by Crippen LogP contribution is -2.51. The van der Waals surface area contributed by atoms with E-state index in [1.165, 1.54) is 61.6 Å². The molecule has 0 aliphatic carbocycles. The summed E-state index contributed by atoms with van der Waals surface area (Å²) < 4.78 is 53.7. The molecule has 0 heterocycles. The van der Waals surface area contributed by atoms with Crippen molar-refractivity contribution in [1.29, 1.82) is 0 Å². The van der Waals surface area contributed by atoms with Gasteiger partial charge in [-0.3, -0.25) is 13.9 Å². The third-order valence-electron chi connectivity index (χ3n) is 6.83. The molecule has 232 valence electrons. The molecule has 3 aromatic rings. The normalized spacial score (nSPS) is 12.0. The van der Waals surface area contributed by atoms with Crippen LogP contribution in [0.3, 0.4) is 0 Å². The Labute approximate surface area is 253 Å². The van der Waals surface area contributed by atoms with Crippen LogP contribution >= 0.6 is 0 Å². The van der Waals surface area contributed by atoms with E-state index in [1.807, 2.05) is 33.8 Å². The average Bonchev–Trinajstić information content (AvgIpc) is 2.96. The van der Waals surface area contributed by atoms with Crippen molar-refractivity contribution >= 4 is 27.5 Å². The van der Waals surface area contributed by atoms with Gasteiger partial charge in [0.2, 0.25) is 11.8 Å². The third kappa shape index (κ3) is 8.47. The summed E-state index contributed by atoms with van der Waals surface area (Å²) in [5, 5.41) is 2.84. The first kappa shape index (κ1) is 33.4. The van der Waals surface area contributed by atoms with E-state index < -0.39 is 34.3 Å². The fourth-order valence-corrected chi connectivity index (χ4v) is 5.96. The zero-order valence-electron chi connectivity index (χ0n) is 25.7. The number of nitrogens with one attached hydrogen (secondary N) is 1. The van der Waals surface area contributed by atoms with Gasteiger partial charge in [-0.05, 0) is 79.8 Å². The molecule has 0 saturated carbocycles. The molecule has 0 aromatic heterocycles. The molecule has 9 nitrogen and oxygen atoms in total. The monoisotopic (exact) mass is 613 g/mol. The Bertz CT molecular complexity index is 1520. The van der Waals surface area contributed by atoms with Gasteiger partial charge in [-0.1, -0.05) is 32.0 Å². The third-order valence-corrected chi connectivity index (χ3v) is 8.60. The van der Waals surface area contributed by atoms with E-state index in [2.05, 4.69) is 5.32 Å². The highest BCUT2D eigenvalue weighted by Gasteiger charge is 2.33. The zero-order chi connectivity index (χ0) is 31.9. The molecule has 3 aromatic carbocycles. The quantitative estimate of drug-likeness (QED) is 0.296. The van der Waals surface area contributed by atoms with Crippen molar-refractivity contribution in [3.8, 4) is 11.5 Å². The Balaban J connectivity index is 2.09. The standard InChI is InChI=1S/C32H40FN3O6S/c1-21(2)18-34-32(38)24(5)35(19-25-8-10-26(33)11-9-25)31(37)20-36(27-15-22(3)14-23(4)16-27)43(39,40)28-12-13-29(41-6)30(17-28)42-7/h8-17,21,24H,18-20H2,1-7H3,(H,34,38). The van der Waals surface area contributed by atoms with Crippen molar-refractivity contribution in [2.75, 3.05) is 31.6 Å². The first-order chi connectivity index (χ1) is 20.3. The number of methoxy groups -OCH3 is 2. The summed E-state index contributed by atoms with van der Waals surface area (Å²) >= 11 is 0. The zero-order valence-corrected chi connectivity index (χ0v) is 26.5. The number of carbonyl (C=O) groups excluding carboxylic acids is 2. The minimum atomic E-state index is -4.32. The predicted octanol–water partition coefficient (Wildman–Crippen LogP) is 4.84. The molecule has 0 aliphatic heterocycles. The molecule has 2 amide bonds. The van der Waals surface area contributed by atoms with Crippen LogP contribution in [0, 0.1) is 25.6 Å². The van der Waals surface area contributed by atoms with Crippen LogP contribution in [0.4, 0.5) is 10.1 Å². The fourth-order valence-electron chi connectivity index (χ4n) is 4.55. The highest BCUT2D eigenvalue weighted by molar-refractivity contribution is 7.92. The predicted molar refractivity (Wildman–Crippen MR) is 164 cm³/mol. The summed E-state index contributed by atoms with van der Waals surface area (Å²) in [5.74, 6) is -0.689. The molecular formula is C32H40FN3O6S. The molecule has 0 bridgehead atoms. The number of anilines is 1. The maximum Gasteiger partial charge on any atom is 0.264 e. The fraction of sp³-hybridized carbons (Fsp3) is 0.375. The van der Waals surface area contributed by atoms with Gasteiger partial charge < -0.3 is 19.7 Å². The lowest BCUT2D eigenvalue weighted by molar-refractivity contribution is -0.139. The molecule has 0 aliphatic rings. The van der Waals surface area contributed by atoms with Gasteiger partial charge in [0, 0.05) is 19.2 Å². The molecular weight excluding hydrogens is 573 g/mol. The number of amides is 2. The number of hydrogen-bond donors (Lipinski definition) is 1. The van der Waals surface area contributed by atoms with E-state index >= 15 is 0 Å². The van der Waals surface area contributed by atoms with E-state index in [4.69, 9.17) is 9.47 Å². The summed E-state index contributed by atoms with van der Waals surface area (Å²) in [5.41, 5.74) is 2.48. The van der Waals surface area contributed by atoms with Crippen LogP contribution in [-0.2, 0) is 26.2 Å². The van der Waals surface area contributed by atoms with Gasteiger partial charge in [-0.15, -0.1) is 0 Å². The van der Waals surface area contributed by atoms with Crippen LogP contribution in [0.25, 0.3) is 0 Å². The number of nitrogens with zero attached hydrogens (tertiary/aromatic N) is 2. The Hall–Kier alpha value is -4.12. The van der Waals surface area contributed by atoms with Crippen molar-refractivity contribution in [3.05, 3.63) is 83.2 Å². The van der Waals surface area contributed by atoms with Gasteiger partial charge in [0.05, 0.1) is 24.8 Å². The Morgan fingerprint density at radius 3 is 2.05 bits per heavy atom. The minimum Gasteiger partial charge on any atom is -0.493 e. The average molecular weight is 614 g/mol. The molecule has 11 heteroatoms. The van der Waals surface area contributed by atoms with Gasteiger partial charge in [0.25, 0.3) is 10.0 Å². The highest BCUT2D eigenvalue weighted by Crippen LogP contribution is 2.33. The van der Waals surface area contributed by atoms with E-state index in [-0.39, 0.29) is 29.0 Å².